The molecule has 0 aliphatic heterocycles. The Morgan fingerprint density at radius 2 is 2.31 bits per heavy atom. The average Bonchev–Trinajstić information content (AvgIpc) is 2.24. The number of benzene rings is 1. The number of hydrogen-bond donors (Lipinski definition) is 2. The predicted molar refractivity (Wildman–Crippen MR) is 61.0 cm³/mol. The normalized spacial score (nSPS) is 12.8. The van der Waals surface area contributed by atoms with E-state index in [9.17, 15) is 9.50 Å². The summed E-state index contributed by atoms with van der Waals surface area (Å²) >= 11 is 5.63. The second-order valence-electron chi connectivity index (χ2n) is 3.49. The van der Waals surface area contributed by atoms with Gasteiger partial charge in [-0.05, 0) is 17.7 Å². The Bertz CT molecular complexity index is 336. The van der Waals surface area contributed by atoms with Crippen molar-refractivity contribution >= 4 is 11.6 Å². The number of halogens is 2. The standard InChI is InChI=1S/C11H15ClFNO2/c1-16-7-9(15)6-14-5-8-2-3-11(13)10(12)4-8/h2-4,9,14-15H,5-7H2,1H3. The molecule has 2 N–H and O–H groups in total. The Balaban J connectivity index is 2.34. The highest BCUT2D eigenvalue weighted by Crippen LogP contribution is 2.15. The maximum absolute atomic E-state index is 12.8. The van der Waals surface area contributed by atoms with Crippen molar-refractivity contribution in [3.8, 4) is 0 Å². The van der Waals surface area contributed by atoms with Crippen LogP contribution in [0.4, 0.5) is 4.39 Å². The van der Waals surface area contributed by atoms with Gasteiger partial charge in [0.25, 0.3) is 0 Å². The van der Waals surface area contributed by atoms with Crippen LogP contribution in [0, 0.1) is 5.82 Å². The SMILES string of the molecule is COCC(O)CNCc1ccc(F)c(Cl)c1. The first-order chi connectivity index (χ1) is 7.63. The molecular weight excluding hydrogens is 233 g/mol. The molecule has 0 bridgehead atoms. The maximum Gasteiger partial charge on any atom is 0.141 e. The summed E-state index contributed by atoms with van der Waals surface area (Å²) in [7, 11) is 1.53. The van der Waals surface area contributed by atoms with E-state index in [2.05, 4.69) is 5.32 Å². The van der Waals surface area contributed by atoms with Gasteiger partial charge in [0, 0.05) is 20.2 Å². The van der Waals surface area contributed by atoms with Gasteiger partial charge in [0.15, 0.2) is 0 Å². The lowest BCUT2D eigenvalue weighted by atomic mass is 10.2. The van der Waals surface area contributed by atoms with E-state index in [1.54, 1.807) is 12.1 Å². The molecule has 5 heteroatoms. The lowest BCUT2D eigenvalue weighted by Crippen LogP contribution is -2.29. The number of methoxy groups -OCH3 is 1. The Kier molecular flexibility index (Phi) is 5.69. The van der Waals surface area contributed by atoms with E-state index >= 15 is 0 Å². The van der Waals surface area contributed by atoms with Gasteiger partial charge in [0.2, 0.25) is 0 Å². The predicted octanol–water partition coefficient (Wildman–Crippen LogP) is 1.58. The van der Waals surface area contributed by atoms with Gasteiger partial charge in [-0.3, -0.25) is 0 Å². The number of aliphatic hydroxyl groups excluding tert-OH is 1. The zero-order valence-corrected chi connectivity index (χ0v) is 9.80. The van der Waals surface area contributed by atoms with E-state index in [1.165, 1.54) is 13.2 Å². The molecule has 0 saturated heterocycles. The monoisotopic (exact) mass is 247 g/mol. The molecule has 1 rings (SSSR count). The van der Waals surface area contributed by atoms with E-state index in [-0.39, 0.29) is 11.6 Å². The van der Waals surface area contributed by atoms with Gasteiger partial charge < -0.3 is 15.2 Å². The third kappa shape index (κ3) is 4.45. The van der Waals surface area contributed by atoms with Crippen molar-refractivity contribution in [1.82, 2.24) is 5.32 Å². The van der Waals surface area contributed by atoms with Crippen LogP contribution in [0.1, 0.15) is 5.56 Å². The molecule has 1 aromatic carbocycles. The molecule has 1 aromatic rings. The third-order valence-electron chi connectivity index (χ3n) is 2.05. The molecule has 0 aromatic heterocycles. The molecule has 0 aliphatic carbocycles. The minimum absolute atomic E-state index is 0.108. The van der Waals surface area contributed by atoms with Crippen molar-refractivity contribution in [2.24, 2.45) is 0 Å². The highest BCUT2D eigenvalue weighted by atomic mass is 35.5. The molecule has 0 amide bonds. The number of ether oxygens (including phenoxy) is 1. The summed E-state index contributed by atoms with van der Waals surface area (Å²) in [6.45, 7) is 1.24. The highest BCUT2D eigenvalue weighted by molar-refractivity contribution is 6.30. The fourth-order valence-electron chi connectivity index (χ4n) is 1.28. The molecule has 0 saturated carbocycles. The lowest BCUT2D eigenvalue weighted by molar-refractivity contribution is 0.0644. The van der Waals surface area contributed by atoms with Crippen LogP contribution in [-0.4, -0.2) is 31.5 Å². The third-order valence-corrected chi connectivity index (χ3v) is 2.34. The lowest BCUT2D eigenvalue weighted by Gasteiger charge is -2.10. The van der Waals surface area contributed by atoms with Crippen LogP contribution in [-0.2, 0) is 11.3 Å². The van der Waals surface area contributed by atoms with Crippen molar-refractivity contribution in [1.29, 1.82) is 0 Å². The Labute approximate surface area is 99.2 Å². The zero-order chi connectivity index (χ0) is 12.0. The van der Waals surface area contributed by atoms with Gasteiger partial charge in [-0.15, -0.1) is 0 Å². The van der Waals surface area contributed by atoms with Crippen molar-refractivity contribution < 1.29 is 14.2 Å². The fourth-order valence-corrected chi connectivity index (χ4v) is 1.49. The topological polar surface area (TPSA) is 41.5 Å². The van der Waals surface area contributed by atoms with E-state index in [1.807, 2.05) is 0 Å². The summed E-state index contributed by atoms with van der Waals surface area (Å²) in [4.78, 5) is 0. The average molecular weight is 248 g/mol. The van der Waals surface area contributed by atoms with Gasteiger partial charge in [-0.25, -0.2) is 4.39 Å². The van der Waals surface area contributed by atoms with Crippen molar-refractivity contribution in [3.63, 3.8) is 0 Å². The van der Waals surface area contributed by atoms with E-state index in [0.29, 0.717) is 13.1 Å². The number of aliphatic hydroxyl groups is 1. The van der Waals surface area contributed by atoms with Gasteiger partial charge in [0.1, 0.15) is 5.82 Å². The molecule has 1 atom stereocenters. The zero-order valence-electron chi connectivity index (χ0n) is 9.04. The highest BCUT2D eigenvalue weighted by Gasteiger charge is 2.03. The Morgan fingerprint density at radius 1 is 1.56 bits per heavy atom. The maximum atomic E-state index is 12.8. The first-order valence-corrected chi connectivity index (χ1v) is 5.33. The first kappa shape index (κ1) is 13.4. The molecule has 16 heavy (non-hydrogen) atoms. The van der Waals surface area contributed by atoms with E-state index in [4.69, 9.17) is 16.3 Å². The molecule has 90 valence electrons. The van der Waals surface area contributed by atoms with Crippen molar-refractivity contribution in [3.05, 3.63) is 34.6 Å². The smallest absolute Gasteiger partial charge is 0.141 e. The van der Waals surface area contributed by atoms with Crippen LogP contribution in [0.3, 0.4) is 0 Å². The molecule has 1 unspecified atom stereocenters. The summed E-state index contributed by atoms with van der Waals surface area (Å²) < 4.78 is 17.6. The van der Waals surface area contributed by atoms with Crippen LogP contribution in [0.2, 0.25) is 5.02 Å². The van der Waals surface area contributed by atoms with Crippen LogP contribution >= 0.6 is 11.6 Å². The van der Waals surface area contributed by atoms with E-state index in [0.717, 1.165) is 5.56 Å². The Hall–Kier alpha value is -0.680. The van der Waals surface area contributed by atoms with Gasteiger partial charge in [-0.2, -0.15) is 0 Å². The largest absolute Gasteiger partial charge is 0.389 e. The summed E-state index contributed by atoms with van der Waals surface area (Å²) in [5.41, 5.74) is 0.871. The quantitative estimate of drug-likeness (QED) is 0.802. The second kappa shape index (κ2) is 6.81. The number of hydrogen-bond acceptors (Lipinski definition) is 3. The molecular formula is C11H15ClFNO2. The van der Waals surface area contributed by atoms with Gasteiger partial charge in [0.05, 0.1) is 17.7 Å². The molecule has 0 fully saturated rings. The van der Waals surface area contributed by atoms with Crippen LogP contribution in [0.25, 0.3) is 0 Å². The van der Waals surface area contributed by atoms with E-state index < -0.39 is 11.9 Å². The summed E-state index contributed by atoms with van der Waals surface area (Å²) in [6.07, 6.45) is -0.541. The summed E-state index contributed by atoms with van der Waals surface area (Å²) in [5, 5.41) is 12.5. The van der Waals surface area contributed by atoms with Crippen LogP contribution < -0.4 is 5.32 Å². The van der Waals surface area contributed by atoms with Crippen molar-refractivity contribution in [2.45, 2.75) is 12.6 Å². The summed E-state index contributed by atoms with van der Waals surface area (Å²) in [5.74, 6) is -0.426. The molecule has 0 heterocycles. The number of rotatable bonds is 6. The van der Waals surface area contributed by atoms with Crippen LogP contribution in [0.5, 0.6) is 0 Å². The fraction of sp³-hybridized carbons (Fsp3) is 0.455. The number of nitrogens with one attached hydrogen (secondary N) is 1. The van der Waals surface area contributed by atoms with Gasteiger partial charge >= 0.3 is 0 Å². The Morgan fingerprint density at radius 3 is 2.94 bits per heavy atom. The van der Waals surface area contributed by atoms with Crippen LogP contribution in [0.15, 0.2) is 18.2 Å². The van der Waals surface area contributed by atoms with Gasteiger partial charge in [-0.1, -0.05) is 17.7 Å². The molecule has 3 nitrogen and oxygen atoms in total. The second-order valence-corrected chi connectivity index (χ2v) is 3.90. The summed E-state index contributed by atoms with van der Waals surface area (Å²) in [6, 6.07) is 4.54. The molecule has 0 spiro atoms. The molecule has 0 aliphatic rings. The minimum Gasteiger partial charge on any atom is -0.389 e. The minimum atomic E-state index is -0.541. The van der Waals surface area contributed by atoms with Crippen molar-refractivity contribution in [2.75, 3.05) is 20.3 Å². The first-order valence-electron chi connectivity index (χ1n) is 4.95. The molecule has 0 radical (unpaired) electrons.